The van der Waals surface area contributed by atoms with E-state index in [1.807, 2.05) is 64.1 Å². The van der Waals surface area contributed by atoms with E-state index in [9.17, 15) is 4.79 Å². The maximum Gasteiger partial charge on any atom is 0.253 e. The normalized spacial score (nSPS) is 10.9. The van der Waals surface area contributed by atoms with E-state index < -0.39 is 0 Å². The van der Waals surface area contributed by atoms with Crippen molar-refractivity contribution < 1.29 is 4.79 Å². The highest BCUT2D eigenvalue weighted by Gasteiger charge is 2.11. The third-order valence-electron chi connectivity index (χ3n) is 4.18. The molecule has 0 saturated carbocycles. The quantitative estimate of drug-likeness (QED) is 0.368. The molecular weight excluding hydrogens is 451 g/mol. The van der Waals surface area contributed by atoms with E-state index in [1.165, 1.54) is 11.1 Å². The minimum absolute atomic E-state index is 0. The van der Waals surface area contributed by atoms with Crippen LogP contribution in [-0.4, -0.2) is 29.9 Å². The van der Waals surface area contributed by atoms with E-state index in [1.54, 1.807) is 4.90 Å². The number of aliphatic imine (C=N–C) groups is 1. The number of anilines is 1. The van der Waals surface area contributed by atoms with E-state index in [0.29, 0.717) is 31.2 Å². The minimum Gasteiger partial charge on any atom is -0.370 e. The Labute approximate surface area is 179 Å². The van der Waals surface area contributed by atoms with Crippen LogP contribution in [0.25, 0.3) is 0 Å². The topological polar surface area (TPSA) is 70.7 Å². The van der Waals surface area contributed by atoms with E-state index in [4.69, 9.17) is 5.73 Å². The van der Waals surface area contributed by atoms with Gasteiger partial charge in [0.2, 0.25) is 0 Å². The van der Waals surface area contributed by atoms with Crippen molar-refractivity contribution in [3.8, 4) is 0 Å². The highest BCUT2D eigenvalue weighted by atomic mass is 127. The molecule has 0 bridgehead atoms. The number of nitrogens with one attached hydrogen (secondary N) is 1. The van der Waals surface area contributed by atoms with Crippen LogP contribution in [-0.2, 0) is 6.54 Å². The zero-order valence-corrected chi connectivity index (χ0v) is 18.8. The second-order valence-corrected chi connectivity index (χ2v) is 6.38. The first-order valence-electron chi connectivity index (χ1n) is 8.96. The van der Waals surface area contributed by atoms with Gasteiger partial charge in [0.05, 0.1) is 6.54 Å². The molecule has 2 aromatic carbocycles. The first-order valence-corrected chi connectivity index (χ1v) is 8.96. The van der Waals surface area contributed by atoms with Crippen molar-refractivity contribution in [3.05, 3.63) is 64.7 Å². The Morgan fingerprint density at radius 3 is 2.11 bits per heavy atom. The fourth-order valence-corrected chi connectivity index (χ4v) is 2.86. The highest BCUT2D eigenvalue weighted by molar-refractivity contribution is 14.0. The third-order valence-corrected chi connectivity index (χ3v) is 4.18. The van der Waals surface area contributed by atoms with E-state index in [2.05, 4.69) is 16.4 Å². The Bertz CT molecular complexity index is 763. The number of amides is 1. The largest absolute Gasteiger partial charge is 0.370 e. The monoisotopic (exact) mass is 480 g/mol. The Morgan fingerprint density at radius 1 is 1.04 bits per heavy atom. The first kappa shape index (κ1) is 23.0. The van der Waals surface area contributed by atoms with Crippen LogP contribution in [0.2, 0.25) is 0 Å². The smallest absolute Gasteiger partial charge is 0.253 e. The molecule has 6 heteroatoms. The maximum atomic E-state index is 12.3. The molecule has 0 aliphatic carbocycles. The van der Waals surface area contributed by atoms with Crippen molar-refractivity contribution >= 4 is 41.5 Å². The number of guanidine groups is 1. The van der Waals surface area contributed by atoms with Crippen LogP contribution in [0, 0.1) is 13.8 Å². The van der Waals surface area contributed by atoms with Gasteiger partial charge in [-0.3, -0.25) is 4.79 Å². The lowest BCUT2D eigenvalue weighted by Crippen LogP contribution is -2.30. The standard InChI is InChI=1S/C21H28N4O.HI/c1-5-25(6-2)20(26)18-9-7-17(8-10-18)14-23-21(22)24-19-12-15(3)11-16(4)13-19;/h7-13H,5-6,14H2,1-4H3,(H3,22,23,24);1H. The van der Waals surface area contributed by atoms with Crippen molar-refractivity contribution in [1.29, 1.82) is 0 Å². The molecule has 27 heavy (non-hydrogen) atoms. The lowest BCUT2D eigenvalue weighted by Gasteiger charge is -2.18. The average Bonchev–Trinajstić information content (AvgIpc) is 2.60. The molecule has 0 unspecified atom stereocenters. The summed E-state index contributed by atoms with van der Waals surface area (Å²) >= 11 is 0. The number of carbonyl (C=O) groups excluding carboxylic acids is 1. The second kappa shape index (κ2) is 10.9. The molecule has 0 fully saturated rings. The molecule has 2 rings (SSSR count). The van der Waals surface area contributed by atoms with E-state index in [-0.39, 0.29) is 29.9 Å². The second-order valence-electron chi connectivity index (χ2n) is 6.38. The molecule has 1 amide bonds. The van der Waals surface area contributed by atoms with Gasteiger partial charge in [0, 0.05) is 24.3 Å². The Balaban J connectivity index is 0.00000364. The number of nitrogens with zero attached hydrogens (tertiary/aromatic N) is 2. The first-order chi connectivity index (χ1) is 12.4. The van der Waals surface area contributed by atoms with Crippen molar-refractivity contribution in [1.82, 2.24) is 4.90 Å². The summed E-state index contributed by atoms with van der Waals surface area (Å²) in [6, 6.07) is 13.7. The fourth-order valence-electron chi connectivity index (χ4n) is 2.86. The number of hydrogen-bond acceptors (Lipinski definition) is 2. The van der Waals surface area contributed by atoms with Crippen LogP contribution in [0.15, 0.2) is 47.5 Å². The number of carbonyl (C=O) groups is 1. The molecule has 0 aliphatic heterocycles. The molecule has 3 N–H and O–H groups in total. The number of hydrogen-bond donors (Lipinski definition) is 2. The van der Waals surface area contributed by atoms with Crippen molar-refractivity contribution in [2.45, 2.75) is 34.2 Å². The SMILES string of the molecule is CCN(CC)C(=O)c1ccc(CN=C(N)Nc2cc(C)cc(C)c2)cc1.I. The molecule has 0 spiro atoms. The summed E-state index contributed by atoms with van der Waals surface area (Å²) in [6.07, 6.45) is 0. The lowest BCUT2D eigenvalue weighted by molar-refractivity contribution is 0.0773. The molecule has 5 nitrogen and oxygen atoms in total. The van der Waals surface area contributed by atoms with Gasteiger partial charge >= 0.3 is 0 Å². The molecule has 0 saturated heterocycles. The minimum atomic E-state index is 0. The average molecular weight is 480 g/mol. The molecular formula is C21H29IN4O. The summed E-state index contributed by atoms with van der Waals surface area (Å²) in [5.74, 6) is 0.430. The van der Waals surface area contributed by atoms with E-state index >= 15 is 0 Å². The predicted octanol–water partition coefficient (Wildman–Crippen LogP) is 4.33. The number of halogens is 1. The molecule has 0 aromatic heterocycles. The number of aryl methyl sites for hydroxylation is 2. The highest BCUT2D eigenvalue weighted by Crippen LogP contribution is 2.13. The number of benzene rings is 2. The Morgan fingerprint density at radius 2 is 1.59 bits per heavy atom. The summed E-state index contributed by atoms with van der Waals surface area (Å²) in [7, 11) is 0. The van der Waals surface area contributed by atoms with Crippen LogP contribution in [0.4, 0.5) is 5.69 Å². The van der Waals surface area contributed by atoms with Crippen LogP contribution < -0.4 is 11.1 Å². The van der Waals surface area contributed by atoms with Crippen molar-refractivity contribution in [3.63, 3.8) is 0 Å². The van der Waals surface area contributed by atoms with E-state index in [0.717, 1.165) is 11.3 Å². The maximum absolute atomic E-state index is 12.3. The summed E-state index contributed by atoms with van der Waals surface area (Å²) in [5, 5.41) is 3.12. The van der Waals surface area contributed by atoms with Crippen molar-refractivity contribution in [2.24, 2.45) is 10.7 Å². The van der Waals surface area contributed by atoms with Gasteiger partial charge in [-0.1, -0.05) is 18.2 Å². The third kappa shape index (κ3) is 6.86. The van der Waals surface area contributed by atoms with Gasteiger partial charge in [0.1, 0.15) is 0 Å². The van der Waals surface area contributed by atoms with Crippen LogP contribution in [0.1, 0.15) is 40.9 Å². The van der Waals surface area contributed by atoms with Crippen molar-refractivity contribution in [2.75, 3.05) is 18.4 Å². The van der Waals surface area contributed by atoms with Gasteiger partial charge in [-0.2, -0.15) is 0 Å². The molecule has 0 atom stereocenters. The number of nitrogens with two attached hydrogens (primary N) is 1. The molecule has 146 valence electrons. The zero-order valence-electron chi connectivity index (χ0n) is 16.5. The van der Waals surface area contributed by atoms with Gasteiger partial charge in [-0.15, -0.1) is 24.0 Å². The molecule has 0 aliphatic rings. The molecule has 0 heterocycles. The molecule has 2 aromatic rings. The van der Waals surface area contributed by atoms with Crippen LogP contribution in [0.5, 0.6) is 0 Å². The summed E-state index contributed by atoms with van der Waals surface area (Å²) in [6.45, 7) is 9.94. The summed E-state index contributed by atoms with van der Waals surface area (Å²) in [5.41, 5.74) is 11.0. The van der Waals surface area contributed by atoms with Gasteiger partial charge in [-0.25, -0.2) is 4.99 Å². The van der Waals surface area contributed by atoms with Crippen LogP contribution >= 0.6 is 24.0 Å². The van der Waals surface area contributed by atoms with Gasteiger partial charge in [0.15, 0.2) is 5.96 Å². The predicted molar refractivity (Wildman–Crippen MR) is 124 cm³/mol. The molecule has 0 radical (unpaired) electrons. The Kier molecular flexibility index (Phi) is 9.28. The fraction of sp³-hybridized carbons (Fsp3) is 0.333. The van der Waals surface area contributed by atoms with Gasteiger partial charge < -0.3 is 16.0 Å². The lowest BCUT2D eigenvalue weighted by atomic mass is 10.1. The summed E-state index contributed by atoms with van der Waals surface area (Å²) in [4.78, 5) is 18.5. The number of rotatable bonds is 6. The summed E-state index contributed by atoms with van der Waals surface area (Å²) < 4.78 is 0. The zero-order chi connectivity index (χ0) is 19.1. The Hall–Kier alpha value is -2.09. The van der Waals surface area contributed by atoms with Gasteiger partial charge in [0.25, 0.3) is 5.91 Å². The van der Waals surface area contributed by atoms with Gasteiger partial charge in [-0.05, 0) is 68.7 Å². The van der Waals surface area contributed by atoms with Crippen LogP contribution in [0.3, 0.4) is 0 Å².